The summed E-state index contributed by atoms with van der Waals surface area (Å²) in [4.78, 5) is 16.8. The van der Waals surface area contributed by atoms with Crippen molar-refractivity contribution in [1.82, 2.24) is 4.90 Å². The molecule has 0 aromatic heterocycles. The molecule has 1 aliphatic carbocycles. The van der Waals surface area contributed by atoms with Gasteiger partial charge in [0.2, 0.25) is 5.91 Å². The van der Waals surface area contributed by atoms with E-state index in [0.717, 1.165) is 18.8 Å². The minimum atomic E-state index is 0.0919. The molecule has 1 aliphatic rings. The Balaban J connectivity index is 1.43. The zero-order chi connectivity index (χ0) is 19.5. The van der Waals surface area contributed by atoms with Crippen molar-refractivity contribution in [3.8, 4) is 5.75 Å². The summed E-state index contributed by atoms with van der Waals surface area (Å²) in [5.74, 6) is 0.300. The molecule has 3 aromatic rings. The molecule has 0 unspecified atom stereocenters. The van der Waals surface area contributed by atoms with E-state index in [2.05, 4.69) is 47.4 Å². The van der Waals surface area contributed by atoms with Crippen LogP contribution in [0.15, 0.2) is 66.7 Å². The normalized spacial score (nSPS) is 13.8. The van der Waals surface area contributed by atoms with Gasteiger partial charge in [-0.15, -0.1) is 0 Å². The number of fused-ring (bicyclic) bond motifs is 1. The van der Waals surface area contributed by atoms with E-state index in [9.17, 15) is 9.90 Å². The van der Waals surface area contributed by atoms with Crippen LogP contribution < -0.4 is 4.90 Å². The number of benzene rings is 3. The van der Waals surface area contributed by atoms with E-state index < -0.39 is 0 Å². The van der Waals surface area contributed by atoms with Crippen molar-refractivity contribution in [2.24, 2.45) is 0 Å². The molecule has 28 heavy (non-hydrogen) atoms. The summed E-state index contributed by atoms with van der Waals surface area (Å²) in [5.41, 5.74) is 2.12. The first-order valence-electron chi connectivity index (χ1n) is 9.88. The standard InChI is InChI=1S/C24H26N2O2/c1-25(20-11-13-22(27)14-12-20)24(28)15-16-26(21-9-10-21)17-19-7-4-6-18-5-2-3-8-23(18)19/h2-8,11-14,21,27H,9-10,15-17H2,1H3. The Morgan fingerprint density at radius 2 is 1.71 bits per heavy atom. The molecule has 3 aromatic carbocycles. The first-order valence-corrected chi connectivity index (χ1v) is 9.88. The highest BCUT2D eigenvalue weighted by molar-refractivity contribution is 5.93. The molecule has 4 rings (SSSR count). The van der Waals surface area contributed by atoms with Crippen LogP contribution >= 0.6 is 0 Å². The number of carbonyl (C=O) groups is 1. The van der Waals surface area contributed by atoms with Crippen molar-refractivity contribution in [3.05, 3.63) is 72.3 Å². The number of phenolic OH excluding ortho intramolecular Hbond substituents is 1. The van der Waals surface area contributed by atoms with E-state index in [4.69, 9.17) is 0 Å². The summed E-state index contributed by atoms with van der Waals surface area (Å²) in [6, 6.07) is 22.3. The second-order valence-corrected chi connectivity index (χ2v) is 7.56. The molecule has 0 radical (unpaired) electrons. The SMILES string of the molecule is CN(C(=O)CCN(Cc1cccc2ccccc12)C1CC1)c1ccc(O)cc1. The van der Waals surface area contributed by atoms with Crippen molar-refractivity contribution < 1.29 is 9.90 Å². The van der Waals surface area contributed by atoms with Gasteiger partial charge in [-0.3, -0.25) is 9.69 Å². The lowest BCUT2D eigenvalue weighted by Gasteiger charge is -2.24. The predicted octanol–water partition coefficient (Wildman–Crippen LogP) is 4.56. The molecule has 0 spiro atoms. The third-order valence-corrected chi connectivity index (χ3v) is 5.54. The highest BCUT2D eigenvalue weighted by Gasteiger charge is 2.29. The molecule has 0 heterocycles. The van der Waals surface area contributed by atoms with Crippen LogP contribution in [-0.4, -0.2) is 35.5 Å². The summed E-state index contributed by atoms with van der Waals surface area (Å²) in [6.45, 7) is 1.64. The molecular weight excluding hydrogens is 348 g/mol. The van der Waals surface area contributed by atoms with E-state index in [0.29, 0.717) is 12.5 Å². The number of anilines is 1. The van der Waals surface area contributed by atoms with Gasteiger partial charge in [0.05, 0.1) is 0 Å². The number of amides is 1. The van der Waals surface area contributed by atoms with Crippen molar-refractivity contribution in [2.75, 3.05) is 18.5 Å². The van der Waals surface area contributed by atoms with Crippen molar-refractivity contribution in [2.45, 2.75) is 31.8 Å². The molecule has 0 bridgehead atoms. The average Bonchev–Trinajstić information content (AvgIpc) is 3.56. The van der Waals surface area contributed by atoms with E-state index in [1.807, 2.05) is 0 Å². The number of phenols is 1. The summed E-state index contributed by atoms with van der Waals surface area (Å²) in [7, 11) is 1.79. The maximum Gasteiger partial charge on any atom is 0.228 e. The second-order valence-electron chi connectivity index (χ2n) is 7.56. The molecule has 4 nitrogen and oxygen atoms in total. The maximum absolute atomic E-state index is 12.7. The number of carbonyl (C=O) groups excluding carboxylic acids is 1. The summed E-state index contributed by atoms with van der Waals surface area (Å²) < 4.78 is 0. The molecule has 1 amide bonds. The Labute approximate surface area is 166 Å². The molecule has 1 saturated carbocycles. The molecule has 0 atom stereocenters. The fourth-order valence-electron chi connectivity index (χ4n) is 3.71. The fourth-order valence-corrected chi connectivity index (χ4v) is 3.71. The van der Waals surface area contributed by atoms with Gasteiger partial charge in [0.25, 0.3) is 0 Å². The fraction of sp³-hybridized carbons (Fsp3) is 0.292. The van der Waals surface area contributed by atoms with Gasteiger partial charge >= 0.3 is 0 Å². The largest absolute Gasteiger partial charge is 0.508 e. The number of hydrogen-bond donors (Lipinski definition) is 1. The first kappa shape index (κ1) is 18.5. The monoisotopic (exact) mass is 374 g/mol. The molecule has 144 valence electrons. The Kier molecular flexibility index (Phi) is 5.31. The van der Waals surface area contributed by atoms with Crippen LogP contribution in [0.25, 0.3) is 10.8 Å². The van der Waals surface area contributed by atoms with E-state index >= 15 is 0 Å². The molecule has 1 N–H and O–H groups in total. The number of rotatable bonds is 7. The lowest BCUT2D eigenvalue weighted by atomic mass is 10.0. The second kappa shape index (κ2) is 8.03. The summed E-state index contributed by atoms with van der Waals surface area (Å²) in [6.07, 6.45) is 2.91. The minimum Gasteiger partial charge on any atom is -0.508 e. The molecule has 1 fully saturated rings. The third kappa shape index (κ3) is 4.18. The predicted molar refractivity (Wildman–Crippen MR) is 114 cm³/mol. The lowest BCUT2D eigenvalue weighted by molar-refractivity contribution is -0.118. The average molecular weight is 374 g/mol. The summed E-state index contributed by atoms with van der Waals surface area (Å²) >= 11 is 0. The van der Waals surface area contributed by atoms with Crippen LogP contribution in [0.2, 0.25) is 0 Å². The van der Waals surface area contributed by atoms with Gasteiger partial charge in [-0.25, -0.2) is 0 Å². The van der Waals surface area contributed by atoms with Crippen molar-refractivity contribution in [3.63, 3.8) is 0 Å². The highest BCUT2D eigenvalue weighted by Crippen LogP contribution is 2.30. The van der Waals surface area contributed by atoms with Crippen molar-refractivity contribution in [1.29, 1.82) is 0 Å². The molecule has 4 heteroatoms. The minimum absolute atomic E-state index is 0.0919. The van der Waals surface area contributed by atoms with Crippen LogP contribution in [0, 0.1) is 0 Å². The number of aromatic hydroxyl groups is 1. The maximum atomic E-state index is 12.7. The number of hydrogen-bond acceptors (Lipinski definition) is 3. The topological polar surface area (TPSA) is 43.8 Å². The lowest BCUT2D eigenvalue weighted by Crippen LogP contribution is -2.33. The Morgan fingerprint density at radius 1 is 1.00 bits per heavy atom. The number of nitrogens with zero attached hydrogens (tertiary/aromatic N) is 2. The van der Waals surface area contributed by atoms with Crippen LogP contribution in [0.3, 0.4) is 0 Å². The van der Waals surface area contributed by atoms with Gasteiger partial charge in [-0.1, -0.05) is 42.5 Å². The Hall–Kier alpha value is -2.85. The zero-order valence-electron chi connectivity index (χ0n) is 16.2. The van der Waals surface area contributed by atoms with E-state index in [1.54, 1.807) is 36.2 Å². The van der Waals surface area contributed by atoms with Crippen molar-refractivity contribution >= 4 is 22.4 Å². The Bertz CT molecular complexity index is 959. The van der Waals surface area contributed by atoms with Crippen LogP contribution in [0.4, 0.5) is 5.69 Å². The summed E-state index contributed by atoms with van der Waals surface area (Å²) in [5, 5.41) is 12.0. The van der Waals surface area contributed by atoms with Crippen LogP contribution in [0.5, 0.6) is 5.75 Å². The zero-order valence-corrected chi connectivity index (χ0v) is 16.2. The molecule has 0 saturated heterocycles. The van der Waals surface area contributed by atoms with Gasteiger partial charge in [0.1, 0.15) is 5.75 Å². The first-order chi connectivity index (χ1) is 13.6. The molecule has 0 aliphatic heterocycles. The van der Waals surface area contributed by atoms with E-state index in [1.165, 1.54) is 29.2 Å². The van der Waals surface area contributed by atoms with Crippen LogP contribution in [-0.2, 0) is 11.3 Å². The van der Waals surface area contributed by atoms with Gasteiger partial charge in [0.15, 0.2) is 0 Å². The van der Waals surface area contributed by atoms with Gasteiger partial charge in [-0.05, 0) is 53.4 Å². The molecular formula is C24H26N2O2. The van der Waals surface area contributed by atoms with E-state index in [-0.39, 0.29) is 11.7 Å². The highest BCUT2D eigenvalue weighted by atomic mass is 16.3. The van der Waals surface area contributed by atoms with Gasteiger partial charge in [-0.2, -0.15) is 0 Å². The van der Waals surface area contributed by atoms with Crippen LogP contribution in [0.1, 0.15) is 24.8 Å². The smallest absolute Gasteiger partial charge is 0.228 e. The Morgan fingerprint density at radius 3 is 2.46 bits per heavy atom. The van der Waals surface area contributed by atoms with Gasteiger partial charge in [0, 0.05) is 38.3 Å². The third-order valence-electron chi connectivity index (χ3n) is 5.54. The van der Waals surface area contributed by atoms with Gasteiger partial charge < -0.3 is 10.0 Å². The quantitative estimate of drug-likeness (QED) is 0.659.